The zero-order valence-corrected chi connectivity index (χ0v) is 16.1. The lowest BCUT2D eigenvalue weighted by atomic mass is 9.85. The number of anilines is 1. The van der Waals surface area contributed by atoms with Crippen LogP contribution in [0.3, 0.4) is 0 Å². The highest BCUT2D eigenvalue weighted by Crippen LogP contribution is 2.35. The van der Waals surface area contributed by atoms with Gasteiger partial charge in [0.15, 0.2) is 6.61 Å². The van der Waals surface area contributed by atoms with Gasteiger partial charge in [-0.15, -0.1) is 0 Å². The summed E-state index contributed by atoms with van der Waals surface area (Å²) in [7, 11) is 0. The molecule has 150 valence electrons. The molecule has 8 nitrogen and oxygen atoms in total. The monoisotopic (exact) mass is 415 g/mol. The van der Waals surface area contributed by atoms with Crippen LogP contribution >= 0.6 is 11.6 Å². The summed E-state index contributed by atoms with van der Waals surface area (Å²) in [6, 6.07) is 6.31. The van der Waals surface area contributed by atoms with E-state index in [4.69, 9.17) is 21.6 Å². The maximum atomic E-state index is 12.3. The summed E-state index contributed by atoms with van der Waals surface area (Å²) >= 11 is 5.85. The van der Waals surface area contributed by atoms with Gasteiger partial charge in [0.05, 0.1) is 29.5 Å². The molecule has 1 aromatic rings. The van der Waals surface area contributed by atoms with Gasteiger partial charge >= 0.3 is 5.97 Å². The highest BCUT2D eigenvalue weighted by Gasteiger charge is 2.46. The van der Waals surface area contributed by atoms with Crippen LogP contribution in [0.2, 0.25) is 5.02 Å². The number of carbonyl (C=O) groups is 4. The summed E-state index contributed by atoms with van der Waals surface area (Å²) in [4.78, 5) is 49.7. The molecular weight excluding hydrogens is 398 g/mol. The molecule has 1 aliphatic heterocycles. The van der Waals surface area contributed by atoms with Gasteiger partial charge in [0.2, 0.25) is 11.8 Å². The average Bonchev–Trinajstić information content (AvgIpc) is 2.95. The number of nitrogens with zero attached hydrogens (tertiary/aromatic N) is 2. The van der Waals surface area contributed by atoms with E-state index in [-0.39, 0.29) is 47.9 Å². The average molecular weight is 416 g/mol. The Labute approximate surface area is 172 Å². The minimum absolute atomic E-state index is 0.0714. The van der Waals surface area contributed by atoms with Gasteiger partial charge in [-0.05, 0) is 31.0 Å². The second-order valence-electron chi connectivity index (χ2n) is 6.74. The number of amides is 3. The molecule has 0 bridgehead atoms. The third-order valence-electron chi connectivity index (χ3n) is 4.88. The van der Waals surface area contributed by atoms with Crippen LogP contribution in [0.15, 0.2) is 30.4 Å². The fourth-order valence-corrected chi connectivity index (χ4v) is 3.59. The van der Waals surface area contributed by atoms with E-state index in [1.54, 1.807) is 0 Å². The molecule has 0 saturated carbocycles. The van der Waals surface area contributed by atoms with Gasteiger partial charge in [-0.3, -0.25) is 24.1 Å². The molecule has 9 heteroatoms. The molecule has 1 aromatic carbocycles. The molecule has 0 aromatic heterocycles. The molecule has 1 heterocycles. The number of nitriles is 1. The molecule has 1 N–H and O–H groups in total. The Balaban J connectivity index is 1.46. The van der Waals surface area contributed by atoms with E-state index in [1.807, 2.05) is 18.2 Å². The van der Waals surface area contributed by atoms with Crippen molar-refractivity contribution >= 4 is 41.0 Å². The molecule has 0 unspecified atom stereocenters. The first-order valence-electron chi connectivity index (χ1n) is 9.06. The third-order valence-corrected chi connectivity index (χ3v) is 5.11. The molecule has 1 fully saturated rings. The standard InChI is InChI=1S/C20H18ClN3O5/c21-13-6-5-12(10-22)16(9-13)23-17(25)11-29-18(26)7-8-24-19(27)14-3-1-2-4-15(14)20(24)28/h1-2,5-6,9,14-15H,3-4,7-8,11H2,(H,23,25)/t14-,15-/m0/s1. The molecular formula is C20H18ClN3O5. The number of halogens is 1. The molecule has 3 amide bonds. The smallest absolute Gasteiger partial charge is 0.308 e. The van der Waals surface area contributed by atoms with Crippen molar-refractivity contribution in [3.63, 3.8) is 0 Å². The van der Waals surface area contributed by atoms with E-state index in [0.29, 0.717) is 17.9 Å². The van der Waals surface area contributed by atoms with E-state index in [0.717, 1.165) is 4.90 Å². The zero-order valence-electron chi connectivity index (χ0n) is 15.4. The van der Waals surface area contributed by atoms with Gasteiger partial charge in [-0.2, -0.15) is 5.26 Å². The topological polar surface area (TPSA) is 117 Å². The number of likely N-dealkylation sites (tertiary alicyclic amines) is 1. The van der Waals surface area contributed by atoms with Gasteiger partial charge in [0, 0.05) is 11.6 Å². The molecule has 2 aliphatic rings. The Hall–Kier alpha value is -3.18. The molecule has 1 aliphatic carbocycles. The van der Waals surface area contributed by atoms with Crippen LogP contribution in [0.4, 0.5) is 5.69 Å². The number of allylic oxidation sites excluding steroid dienone is 2. The predicted octanol–water partition coefficient (Wildman–Crippen LogP) is 2.03. The fourth-order valence-electron chi connectivity index (χ4n) is 3.41. The Morgan fingerprint density at radius 2 is 1.86 bits per heavy atom. The number of imide groups is 1. The summed E-state index contributed by atoms with van der Waals surface area (Å²) in [5.74, 6) is -2.56. The third kappa shape index (κ3) is 4.63. The van der Waals surface area contributed by atoms with Crippen molar-refractivity contribution in [3.8, 4) is 6.07 Å². The summed E-state index contributed by atoms with van der Waals surface area (Å²) in [5, 5.41) is 11.8. The van der Waals surface area contributed by atoms with Crippen molar-refractivity contribution in [1.82, 2.24) is 4.90 Å². The molecule has 1 saturated heterocycles. The summed E-state index contributed by atoms with van der Waals surface area (Å²) in [6.07, 6.45) is 4.65. The van der Waals surface area contributed by atoms with E-state index in [1.165, 1.54) is 18.2 Å². The van der Waals surface area contributed by atoms with Crippen LogP contribution in [-0.2, 0) is 23.9 Å². The first kappa shape index (κ1) is 20.6. The minimum Gasteiger partial charge on any atom is -0.456 e. The lowest BCUT2D eigenvalue weighted by Crippen LogP contribution is -2.33. The van der Waals surface area contributed by atoms with Gasteiger partial charge in [-0.25, -0.2) is 0 Å². The number of hydrogen-bond acceptors (Lipinski definition) is 6. The number of nitrogens with one attached hydrogen (secondary N) is 1. The number of esters is 1. The largest absolute Gasteiger partial charge is 0.456 e. The Morgan fingerprint density at radius 3 is 2.48 bits per heavy atom. The highest BCUT2D eigenvalue weighted by atomic mass is 35.5. The second kappa shape index (κ2) is 8.88. The zero-order chi connectivity index (χ0) is 21.0. The molecule has 2 atom stereocenters. The van der Waals surface area contributed by atoms with Crippen LogP contribution in [0.1, 0.15) is 24.8 Å². The Morgan fingerprint density at radius 1 is 1.21 bits per heavy atom. The summed E-state index contributed by atoms with van der Waals surface area (Å²) < 4.78 is 4.90. The maximum absolute atomic E-state index is 12.3. The molecule has 3 rings (SSSR count). The Kier molecular flexibility index (Phi) is 6.29. The number of benzene rings is 1. The number of ether oxygens (including phenoxy) is 1. The number of rotatable bonds is 6. The minimum atomic E-state index is -0.708. The SMILES string of the molecule is N#Cc1ccc(Cl)cc1NC(=O)COC(=O)CCN1C(=O)[C@H]2CC=CC[C@@H]2C1=O. The Bertz CT molecular complexity index is 911. The van der Waals surface area contributed by atoms with Crippen molar-refractivity contribution < 1.29 is 23.9 Å². The second-order valence-corrected chi connectivity index (χ2v) is 7.18. The van der Waals surface area contributed by atoms with Crippen molar-refractivity contribution in [3.05, 3.63) is 40.9 Å². The fraction of sp³-hybridized carbons (Fsp3) is 0.350. The lowest BCUT2D eigenvalue weighted by molar-refractivity contribution is -0.148. The summed E-state index contributed by atoms with van der Waals surface area (Å²) in [5.41, 5.74) is 0.432. The first-order valence-corrected chi connectivity index (χ1v) is 9.44. The van der Waals surface area contributed by atoms with Gasteiger partial charge < -0.3 is 10.1 Å². The summed E-state index contributed by atoms with van der Waals surface area (Å²) in [6.45, 7) is -0.634. The number of hydrogen-bond donors (Lipinski definition) is 1. The number of carbonyl (C=O) groups excluding carboxylic acids is 4. The maximum Gasteiger partial charge on any atom is 0.308 e. The van der Waals surface area contributed by atoms with Crippen molar-refractivity contribution in [2.24, 2.45) is 11.8 Å². The normalized spacial score (nSPS) is 20.2. The number of fused-ring (bicyclic) bond motifs is 1. The van der Waals surface area contributed by atoms with Crippen LogP contribution in [0, 0.1) is 23.2 Å². The van der Waals surface area contributed by atoms with Crippen LogP contribution in [0.5, 0.6) is 0 Å². The van der Waals surface area contributed by atoms with Gasteiger partial charge in [0.25, 0.3) is 5.91 Å². The van der Waals surface area contributed by atoms with Gasteiger partial charge in [-0.1, -0.05) is 23.8 Å². The highest BCUT2D eigenvalue weighted by molar-refractivity contribution is 6.31. The van der Waals surface area contributed by atoms with Crippen molar-refractivity contribution in [2.75, 3.05) is 18.5 Å². The van der Waals surface area contributed by atoms with E-state index >= 15 is 0 Å². The molecule has 0 radical (unpaired) electrons. The van der Waals surface area contributed by atoms with E-state index < -0.39 is 18.5 Å². The molecule has 29 heavy (non-hydrogen) atoms. The van der Waals surface area contributed by atoms with E-state index in [9.17, 15) is 19.2 Å². The van der Waals surface area contributed by atoms with Crippen LogP contribution in [0.25, 0.3) is 0 Å². The van der Waals surface area contributed by atoms with Gasteiger partial charge in [0.1, 0.15) is 6.07 Å². The quantitative estimate of drug-likeness (QED) is 0.431. The first-order chi connectivity index (χ1) is 13.9. The lowest BCUT2D eigenvalue weighted by Gasteiger charge is -2.14. The van der Waals surface area contributed by atoms with Crippen LogP contribution in [-0.4, -0.2) is 41.7 Å². The van der Waals surface area contributed by atoms with Crippen molar-refractivity contribution in [1.29, 1.82) is 5.26 Å². The predicted molar refractivity (Wildman–Crippen MR) is 102 cm³/mol. The van der Waals surface area contributed by atoms with Crippen LogP contribution < -0.4 is 5.32 Å². The van der Waals surface area contributed by atoms with Crippen molar-refractivity contribution in [2.45, 2.75) is 19.3 Å². The van der Waals surface area contributed by atoms with E-state index in [2.05, 4.69) is 5.32 Å². The molecule has 0 spiro atoms.